The van der Waals surface area contributed by atoms with Crippen molar-refractivity contribution in [1.82, 2.24) is 9.88 Å². The Bertz CT molecular complexity index is 883. The predicted molar refractivity (Wildman–Crippen MR) is 89.7 cm³/mol. The zero-order chi connectivity index (χ0) is 17.1. The molecule has 24 heavy (non-hydrogen) atoms. The van der Waals surface area contributed by atoms with Crippen LogP contribution >= 0.6 is 11.3 Å². The smallest absolute Gasteiger partial charge is 0.325 e. The largest absolute Gasteiger partial charge is 0.468 e. The van der Waals surface area contributed by atoms with Crippen molar-refractivity contribution in [2.45, 2.75) is 6.54 Å². The van der Waals surface area contributed by atoms with Gasteiger partial charge in [-0.1, -0.05) is 12.1 Å². The minimum atomic E-state index is -0.512. The average molecular weight is 346 g/mol. The normalized spacial score (nSPS) is 10.8. The Hall–Kier alpha value is -2.67. The summed E-state index contributed by atoms with van der Waals surface area (Å²) in [5.41, 5.74) is 2.25. The summed E-state index contributed by atoms with van der Waals surface area (Å²) in [7, 11) is 1.27. The monoisotopic (exact) mass is 346 g/mol. The molecule has 0 aliphatic heterocycles. The molecule has 0 radical (unpaired) electrons. The van der Waals surface area contributed by atoms with Crippen LogP contribution < -0.4 is 5.32 Å². The van der Waals surface area contributed by atoms with Gasteiger partial charge in [-0.15, -0.1) is 11.3 Å². The zero-order valence-electron chi connectivity index (χ0n) is 12.9. The number of hydrogen-bond acceptors (Lipinski definition) is 4. The fourth-order valence-electron chi connectivity index (χ4n) is 2.42. The third kappa shape index (κ3) is 3.30. The van der Waals surface area contributed by atoms with Gasteiger partial charge in [-0.2, -0.15) is 0 Å². The van der Waals surface area contributed by atoms with Crippen LogP contribution in [-0.4, -0.2) is 30.1 Å². The lowest BCUT2D eigenvalue weighted by molar-refractivity contribution is -0.139. The number of carbonyl (C=O) groups is 2. The maximum absolute atomic E-state index is 13.1. The lowest BCUT2D eigenvalue weighted by Crippen LogP contribution is -2.31. The standard InChI is InChI=1S/C17H15FN2O3S/c1-23-16(21)9-19-17(22)14-8-15-13(6-7-24-15)20(14)10-11-2-4-12(18)5-3-11/h2-8H,9-10H2,1H3,(H,19,22). The van der Waals surface area contributed by atoms with E-state index in [2.05, 4.69) is 10.1 Å². The number of ether oxygens (including phenoxy) is 1. The van der Waals surface area contributed by atoms with Gasteiger partial charge in [-0.3, -0.25) is 9.59 Å². The minimum Gasteiger partial charge on any atom is -0.468 e. The van der Waals surface area contributed by atoms with Crippen molar-refractivity contribution in [2.75, 3.05) is 13.7 Å². The number of carbonyl (C=O) groups excluding carboxylic acids is 2. The van der Waals surface area contributed by atoms with Crippen LogP contribution in [0.25, 0.3) is 10.2 Å². The van der Waals surface area contributed by atoms with E-state index in [4.69, 9.17) is 0 Å². The Kier molecular flexibility index (Phi) is 4.61. The van der Waals surface area contributed by atoms with Crippen molar-refractivity contribution >= 4 is 33.4 Å². The highest BCUT2D eigenvalue weighted by Gasteiger charge is 2.17. The van der Waals surface area contributed by atoms with E-state index in [0.29, 0.717) is 12.2 Å². The summed E-state index contributed by atoms with van der Waals surface area (Å²) >= 11 is 1.53. The molecule has 124 valence electrons. The molecule has 3 rings (SSSR count). The molecule has 0 saturated heterocycles. The summed E-state index contributed by atoms with van der Waals surface area (Å²) in [5, 5.41) is 4.49. The van der Waals surface area contributed by atoms with Gasteiger partial charge in [0.05, 0.1) is 17.3 Å². The van der Waals surface area contributed by atoms with Crippen molar-refractivity contribution in [3.63, 3.8) is 0 Å². The third-order valence-electron chi connectivity index (χ3n) is 3.63. The van der Waals surface area contributed by atoms with E-state index in [9.17, 15) is 14.0 Å². The van der Waals surface area contributed by atoms with Gasteiger partial charge in [-0.25, -0.2) is 4.39 Å². The van der Waals surface area contributed by atoms with Crippen LogP contribution in [0, 0.1) is 5.82 Å². The maximum Gasteiger partial charge on any atom is 0.325 e. The summed E-state index contributed by atoms with van der Waals surface area (Å²) in [6, 6.07) is 9.87. The van der Waals surface area contributed by atoms with Crippen molar-refractivity contribution in [1.29, 1.82) is 0 Å². The van der Waals surface area contributed by atoms with Crippen LogP contribution in [0.3, 0.4) is 0 Å². The van der Waals surface area contributed by atoms with Gasteiger partial charge < -0.3 is 14.6 Å². The summed E-state index contributed by atoms with van der Waals surface area (Å²) in [4.78, 5) is 23.6. The van der Waals surface area contributed by atoms with Crippen LogP contribution in [0.4, 0.5) is 4.39 Å². The second-order valence-electron chi connectivity index (χ2n) is 5.17. The second kappa shape index (κ2) is 6.84. The number of halogens is 1. The number of nitrogens with zero attached hydrogens (tertiary/aromatic N) is 1. The molecule has 2 aromatic heterocycles. The maximum atomic E-state index is 13.1. The second-order valence-corrected chi connectivity index (χ2v) is 6.12. The molecule has 0 fully saturated rings. The van der Waals surface area contributed by atoms with Gasteiger partial charge in [0.15, 0.2) is 0 Å². The van der Waals surface area contributed by atoms with Gasteiger partial charge in [-0.05, 0) is 35.2 Å². The number of nitrogens with one attached hydrogen (secondary N) is 1. The Labute approximate surface area is 141 Å². The van der Waals surface area contributed by atoms with Crippen molar-refractivity contribution in [3.8, 4) is 0 Å². The average Bonchev–Trinajstić information content (AvgIpc) is 3.17. The van der Waals surface area contributed by atoms with E-state index < -0.39 is 5.97 Å². The van der Waals surface area contributed by atoms with Gasteiger partial charge in [0.2, 0.25) is 0 Å². The number of aromatic nitrogens is 1. The lowest BCUT2D eigenvalue weighted by Gasteiger charge is -2.10. The fraction of sp³-hybridized carbons (Fsp3) is 0.176. The van der Waals surface area contributed by atoms with E-state index in [1.54, 1.807) is 18.2 Å². The molecular formula is C17H15FN2O3S. The Morgan fingerprint density at radius 1 is 1.25 bits per heavy atom. The summed E-state index contributed by atoms with van der Waals surface area (Å²) < 4.78 is 20.4. The van der Waals surface area contributed by atoms with E-state index >= 15 is 0 Å². The van der Waals surface area contributed by atoms with Crippen LogP contribution in [0.1, 0.15) is 16.1 Å². The third-order valence-corrected chi connectivity index (χ3v) is 4.48. The highest BCUT2D eigenvalue weighted by atomic mass is 32.1. The molecule has 0 aliphatic rings. The molecule has 0 spiro atoms. The Morgan fingerprint density at radius 3 is 2.71 bits per heavy atom. The highest BCUT2D eigenvalue weighted by molar-refractivity contribution is 7.17. The molecule has 1 aromatic carbocycles. The summed E-state index contributed by atoms with van der Waals surface area (Å²) in [6.45, 7) is 0.242. The van der Waals surface area contributed by atoms with Gasteiger partial charge in [0.25, 0.3) is 5.91 Å². The van der Waals surface area contributed by atoms with Crippen molar-refractivity contribution < 1.29 is 18.7 Å². The first kappa shape index (κ1) is 16.2. The number of esters is 1. The number of hydrogen-bond donors (Lipinski definition) is 1. The van der Waals surface area contributed by atoms with E-state index in [1.807, 2.05) is 16.0 Å². The van der Waals surface area contributed by atoms with E-state index in [0.717, 1.165) is 15.8 Å². The van der Waals surface area contributed by atoms with Gasteiger partial charge in [0.1, 0.15) is 18.1 Å². The van der Waals surface area contributed by atoms with E-state index in [-0.39, 0.29) is 18.3 Å². The molecule has 0 aliphatic carbocycles. The molecule has 0 unspecified atom stereocenters. The van der Waals surface area contributed by atoms with Crippen molar-refractivity contribution in [2.24, 2.45) is 0 Å². The van der Waals surface area contributed by atoms with Gasteiger partial charge >= 0.3 is 5.97 Å². The van der Waals surface area contributed by atoms with Crippen LogP contribution in [0.15, 0.2) is 41.8 Å². The molecular weight excluding hydrogens is 331 g/mol. The molecule has 0 saturated carbocycles. The number of methoxy groups -OCH3 is 1. The predicted octanol–water partition coefficient (Wildman–Crippen LogP) is 2.79. The van der Waals surface area contributed by atoms with Gasteiger partial charge in [0, 0.05) is 6.54 Å². The highest BCUT2D eigenvalue weighted by Crippen LogP contribution is 2.26. The van der Waals surface area contributed by atoms with Crippen LogP contribution in [0.2, 0.25) is 0 Å². The van der Waals surface area contributed by atoms with Crippen LogP contribution in [-0.2, 0) is 16.1 Å². The molecule has 0 bridgehead atoms. The molecule has 5 nitrogen and oxygen atoms in total. The SMILES string of the molecule is COC(=O)CNC(=O)c1cc2sccc2n1Cc1ccc(F)cc1. The van der Waals surface area contributed by atoms with Crippen LogP contribution in [0.5, 0.6) is 0 Å². The molecule has 1 amide bonds. The number of amides is 1. The first-order chi connectivity index (χ1) is 11.6. The number of benzene rings is 1. The number of thiophene rings is 1. The summed E-state index contributed by atoms with van der Waals surface area (Å²) in [6.07, 6.45) is 0. The fourth-order valence-corrected chi connectivity index (χ4v) is 3.25. The molecule has 7 heteroatoms. The zero-order valence-corrected chi connectivity index (χ0v) is 13.7. The molecule has 0 atom stereocenters. The molecule has 3 aromatic rings. The first-order valence-electron chi connectivity index (χ1n) is 7.24. The molecule has 1 N–H and O–H groups in total. The molecule has 2 heterocycles. The quantitative estimate of drug-likeness (QED) is 0.723. The lowest BCUT2D eigenvalue weighted by atomic mass is 10.2. The summed E-state index contributed by atoms with van der Waals surface area (Å²) in [5.74, 6) is -1.17. The Balaban J connectivity index is 1.90. The first-order valence-corrected chi connectivity index (χ1v) is 8.12. The number of rotatable bonds is 5. The minimum absolute atomic E-state index is 0.190. The number of fused-ring (bicyclic) bond motifs is 1. The topological polar surface area (TPSA) is 60.3 Å². The van der Waals surface area contributed by atoms with Crippen molar-refractivity contribution in [3.05, 3.63) is 58.9 Å². The van der Waals surface area contributed by atoms with E-state index in [1.165, 1.54) is 30.6 Å². The Morgan fingerprint density at radius 2 is 2.00 bits per heavy atom.